The maximum absolute atomic E-state index is 13.6. The number of methoxy groups -OCH3 is 1. The van der Waals surface area contributed by atoms with Gasteiger partial charge in [0.25, 0.3) is 0 Å². The van der Waals surface area contributed by atoms with E-state index in [1.807, 2.05) is 0 Å². The van der Waals surface area contributed by atoms with Crippen molar-refractivity contribution >= 4 is 17.3 Å². The van der Waals surface area contributed by atoms with Gasteiger partial charge in [0.2, 0.25) is 0 Å². The fourth-order valence-electron chi connectivity index (χ4n) is 1.67. The Hall–Kier alpha value is -2.37. The van der Waals surface area contributed by atoms with E-state index in [0.29, 0.717) is 11.5 Å². The van der Waals surface area contributed by atoms with Crippen LogP contribution in [0.1, 0.15) is 13.3 Å². The average molecular weight is 276 g/mol. The van der Waals surface area contributed by atoms with Gasteiger partial charge in [-0.1, -0.05) is 6.92 Å². The standard InChI is InChI=1S/C14H17FN4O/c1-3-6-16-13-8-14(18-9-17-13)19-10-4-5-12(20-2)11(15)7-10/h4-5,7-9H,3,6H2,1-2H3,(H2,16,17,18,19). The van der Waals surface area contributed by atoms with E-state index < -0.39 is 5.82 Å². The molecule has 20 heavy (non-hydrogen) atoms. The van der Waals surface area contributed by atoms with Crippen LogP contribution in [0.2, 0.25) is 0 Å². The first kappa shape index (κ1) is 14.0. The molecule has 5 nitrogen and oxygen atoms in total. The molecule has 0 spiro atoms. The quantitative estimate of drug-likeness (QED) is 0.848. The summed E-state index contributed by atoms with van der Waals surface area (Å²) < 4.78 is 18.5. The molecule has 0 atom stereocenters. The average Bonchev–Trinajstić information content (AvgIpc) is 2.46. The fraction of sp³-hybridized carbons (Fsp3) is 0.286. The van der Waals surface area contributed by atoms with Crippen LogP contribution in [-0.4, -0.2) is 23.6 Å². The summed E-state index contributed by atoms with van der Waals surface area (Å²) in [6.45, 7) is 2.92. The highest BCUT2D eigenvalue weighted by Crippen LogP contribution is 2.23. The molecular weight excluding hydrogens is 259 g/mol. The molecule has 0 aliphatic heterocycles. The van der Waals surface area contributed by atoms with Gasteiger partial charge in [0.15, 0.2) is 11.6 Å². The monoisotopic (exact) mass is 276 g/mol. The third-order valence-electron chi connectivity index (χ3n) is 2.65. The van der Waals surface area contributed by atoms with Crippen molar-refractivity contribution < 1.29 is 9.13 Å². The van der Waals surface area contributed by atoms with E-state index in [4.69, 9.17) is 4.74 Å². The van der Waals surface area contributed by atoms with Crippen molar-refractivity contribution in [3.05, 3.63) is 36.4 Å². The Morgan fingerprint density at radius 2 is 2.00 bits per heavy atom. The minimum Gasteiger partial charge on any atom is -0.494 e. The number of nitrogens with one attached hydrogen (secondary N) is 2. The van der Waals surface area contributed by atoms with Gasteiger partial charge in [0.1, 0.15) is 18.0 Å². The van der Waals surface area contributed by atoms with E-state index in [-0.39, 0.29) is 5.75 Å². The lowest BCUT2D eigenvalue weighted by Crippen LogP contribution is -2.03. The third kappa shape index (κ3) is 3.57. The summed E-state index contributed by atoms with van der Waals surface area (Å²) in [4.78, 5) is 8.21. The zero-order valence-electron chi connectivity index (χ0n) is 11.5. The largest absolute Gasteiger partial charge is 0.494 e. The number of hydrogen-bond donors (Lipinski definition) is 2. The second-order valence-electron chi connectivity index (χ2n) is 4.19. The van der Waals surface area contributed by atoms with E-state index in [0.717, 1.165) is 18.8 Å². The van der Waals surface area contributed by atoms with Crippen LogP contribution >= 0.6 is 0 Å². The van der Waals surface area contributed by atoms with Crippen molar-refractivity contribution in [1.82, 2.24) is 9.97 Å². The highest BCUT2D eigenvalue weighted by Gasteiger charge is 2.04. The van der Waals surface area contributed by atoms with Crippen molar-refractivity contribution in [3.63, 3.8) is 0 Å². The SMILES string of the molecule is CCCNc1cc(Nc2ccc(OC)c(F)c2)ncn1. The summed E-state index contributed by atoms with van der Waals surface area (Å²) in [5.41, 5.74) is 0.600. The van der Waals surface area contributed by atoms with Gasteiger partial charge < -0.3 is 15.4 Å². The number of benzene rings is 1. The molecule has 0 unspecified atom stereocenters. The number of halogens is 1. The van der Waals surface area contributed by atoms with Crippen LogP contribution in [0, 0.1) is 5.82 Å². The molecule has 0 saturated carbocycles. The molecule has 1 heterocycles. The molecule has 6 heteroatoms. The molecule has 0 saturated heterocycles. The number of hydrogen-bond acceptors (Lipinski definition) is 5. The minimum atomic E-state index is -0.420. The first-order valence-corrected chi connectivity index (χ1v) is 6.39. The minimum absolute atomic E-state index is 0.212. The van der Waals surface area contributed by atoms with Crippen molar-refractivity contribution in [2.45, 2.75) is 13.3 Å². The number of nitrogens with zero attached hydrogens (tertiary/aromatic N) is 2. The van der Waals surface area contributed by atoms with E-state index in [1.54, 1.807) is 18.2 Å². The summed E-state index contributed by atoms with van der Waals surface area (Å²) in [7, 11) is 1.43. The summed E-state index contributed by atoms with van der Waals surface area (Å²) >= 11 is 0. The normalized spacial score (nSPS) is 10.2. The second kappa shape index (κ2) is 6.70. The van der Waals surface area contributed by atoms with Gasteiger partial charge in [-0.25, -0.2) is 14.4 Å². The van der Waals surface area contributed by atoms with Gasteiger partial charge in [-0.3, -0.25) is 0 Å². The third-order valence-corrected chi connectivity index (χ3v) is 2.65. The van der Waals surface area contributed by atoms with E-state index in [2.05, 4.69) is 27.5 Å². The first-order chi connectivity index (χ1) is 9.72. The Kier molecular flexibility index (Phi) is 4.70. The van der Waals surface area contributed by atoms with Crippen LogP contribution in [-0.2, 0) is 0 Å². The zero-order chi connectivity index (χ0) is 14.4. The predicted octanol–water partition coefficient (Wildman–Crippen LogP) is 3.19. The number of anilines is 3. The predicted molar refractivity (Wildman–Crippen MR) is 77.0 cm³/mol. The topological polar surface area (TPSA) is 59.1 Å². The number of ether oxygens (including phenoxy) is 1. The smallest absolute Gasteiger partial charge is 0.167 e. The molecule has 1 aromatic heterocycles. The molecule has 1 aromatic carbocycles. The summed E-state index contributed by atoms with van der Waals surface area (Å²) in [5.74, 6) is 1.13. The van der Waals surface area contributed by atoms with Crippen molar-refractivity contribution in [2.24, 2.45) is 0 Å². The Balaban J connectivity index is 2.11. The molecule has 2 N–H and O–H groups in total. The van der Waals surface area contributed by atoms with Gasteiger partial charge in [-0.05, 0) is 18.6 Å². The zero-order valence-corrected chi connectivity index (χ0v) is 11.5. The first-order valence-electron chi connectivity index (χ1n) is 6.39. The Morgan fingerprint density at radius 1 is 1.20 bits per heavy atom. The number of aromatic nitrogens is 2. The lowest BCUT2D eigenvalue weighted by atomic mass is 10.3. The molecule has 0 amide bonds. The van der Waals surface area contributed by atoms with Crippen molar-refractivity contribution in [1.29, 1.82) is 0 Å². The van der Waals surface area contributed by atoms with Gasteiger partial charge in [0, 0.05) is 24.4 Å². The summed E-state index contributed by atoms with van der Waals surface area (Å²) in [6, 6.07) is 6.43. The lowest BCUT2D eigenvalue weighted by Gasteiger charge is -2.09. The molecular formula is C14H17FN4O. The van der Waals surface area contributed by atoms with Crippen LogP contribution in [0.15, 0.2) is 30.6 Å². The molecule has 2 rings (SSSR count). The highest BCUT2D eigenvalue weighted by atomic mass is 19.1. The molecule has 106 valence electrons. The molecule has 2 aromatic rings. The maximum Gasteiger partial charge on any atom is 0.167 e. The van der Waals surface area contributed by atoms with Crippen molar-refractivity contribution in [2.75, 3.05) is 24.3 Å². The van der Waals surface area contributed by atoms with Crippen LogP contribution < -0.4 is 15.4 Å². The fourth-order valence-corrected chi connectivity index (χ4v) is 1.67. The van der Waals surface area contributed by atoms with Crippen LogP contribution in [0.25, 0.3) is 0 Å². The highest BCUT2D eigenvalue weighted by molar-refractivity contribution is 5.59. The van der Waals surface area contributed by atoms with Gasteiger partial charge in [-0.15, -0.1) is 0 Å². The molecule has 0 aliphatic carbocycles. The molecule has 0 bridgehead atoms. The van der Waals surface area contributed by atoms with Crippen LogP contribution in [0.3, 0.4) is 0 Å². The Labute approximate surface area is 117 Å². The lowest BCUT2D eigenvalue weighted by molar-refractivity contribution is 0.386. The van der Waals surface area contributed by atoms with Gasteiger partial charge in [0.05, 0.1) is 7.11 Å². The van der Waals surface area contributed by atoms with E-state index in [1.165, 1.54) is 19.5 Å². The molecule has 0 fully saturated rings. The second-order valence-corrected chi connectivity index (χ2v) is 4.19. The Bertz CT molecular complexity index is 577. The summed E-state index contributed by atoms with van der Waals surface area (Å²) in [5, 5.41) is 6.19. The molecule has 0 aliphatic rings. The Morgan fingerprint density at radius 3 is 2.70 bits per heavy atom. The van der Waals surface area contributed by atoms with Gasteiger partial charge >= 0.3 is 0 Å². The van der Waals surface area contributed by atoms with E-state index in [9.17, 15) is 4.39 Å². The van der Waals surface area contributed by atoms with E-state index >= 15 is 0 Å². The van der Waals surface area contributed by atoms with Crippen LogP contribution in [0.5, 0.6) is 5.75 Å². The summed E-state index contributed by atoms with van der Waals surface area (Å²) in [6.07, 6.45) is 2.47. The van der Waals surface area contributed by atoms with Gasteiger partial charge in [-0.2, -0.15) is 0 Å². The number of rotatable bonds is 6. The maximum atomic E-state index is 13.6. The van der Waals surface area contributed by atoms with Crippen molar-refractivity contribution in [3.8, 4) is 5.75 Å². The van der Waals surface area contributed by atoms with Crippen LogP contribution in [0.4, 0.5) is 21.7 Å². The molecule has 0 radical (unpaired) electrons.